The Hall–Kier alpha value is -3.07. The van der Waals surface area contributed by atoms with Gasteiger partial charge in [-0.25, -0.2) is 13.2 Å². The number of hydrogen-bond acceptors (Lipinski definition) is 5. The van der Waals surface area contributed by atoms with Crippen LogP contribution in [0.25, 0.3) is 0 Å². The molecular weight excluding hydrogens is 511 g/mol. The summed E-state index contributed by atoms with van der Waals surface area (Å²) in [5.41, 5.74) is 2.18. The minimum absolute atomic E-state index is 0.00693. The normalized spacial score (nSPS) is 11.1. The molecule has 3 aromatic rings. The van der Waals surface area contributed by atoms with Gasteiger partial charge in [0.05, 0.1) is 22.8 Å². The number of hydrogen-bond donors (Lipinski definition) is 1. The molecule has 0 saturated carbocycles. The number of amides is 1. The summed E-state index contributed by atoms with van der Waals surface area (Å²) in [4.78, 5) is 25.3. The lowest BCUT2D eigenvalue weighted by Gasteiger charge is -2.25. The molecule has 0 saturated heterocycles. The number of carbonyl (C=O) groups is 2. The van der Waals surface area contributed by atoms with Gasteiger partial charge in [0.15, 0.2) is 0 Å². The van der Waals surface area contributed by atoms with Crippen molar-refractivity contribution in [3.05, 3.63) is 87.4 Å². The van der Waals surface area contributed by atoms with Crippen molar-refractivity contribution in [3.8, 4) is 0 Å². The SMILES string of the molecule is CCOC(=O)c1cccc(NC(=O)CN(c2cc(Cl)cc(Cl)c2)S(=O)(=O)c2ccc(C)cc2)c1C. The number of aryl methyl sites for hydroxylation is 1. The molecule has 0 aliphatic carbocycles. The van der Waals surface area contributed by atoms with Crippen molar-refractivity contribution < 1.29 is 22.7 Å². The van der Waals surface area contributed by atoms with Crippen molar-refractivity contribution in [2.75, 3.05) is 22.8 Å². The van der Waals surface area contributed by atoms with Crippen LogP contribution < -0.4 is 9.62 Å². The largest absolute Gasteiger partial charge is 0.462 e. The number of benzene rings is 3. The molecule has 0 fully saturated rings. The Morgan fingerprint density at radius 3 is 2.20 bits per heavy atom. The molecule has 0 radical (unpaired) electrons. The maximum Gasteiger partial charge on any atom is 0.338 e. The summed E-state index contributed by atoms with van der Waals surface area (Å²) in [7, 11) is -4.15. The molecule has 3 rings (SSSR count). The van der Waals surface area contributed by atoms with Gasteiger partial charge in [0.25, 0.3) is 10.0 Å². The lowest BCUT2D eigenvalue weighted by Crippen LogP contribution is -2.38. The topological polar surface area (TPSA) is 92.8 Å². The van der Waals surface area contributed by atoms with E-state index in [1.807, 2.05) is 6.92 Å². The summed E-state index contributed by atoms with van der Waals surface area (Å²) < 4.78 is 33.1. The maximum atomic E-state index is 13.5. The van der Waals surface area contributed by atoms with E-state index in [2.05, 4.69) is 5.32 Å². The Bertz CT molecular complexity index is 1340. The minimum atomic E-state index is -4.15. The van der Waals surface area contributed by atoms with Gasteiger partial charge in [-0.1, -0.05) is 47.0 Å². The van der Waals surface area contributed by atoms with Gasteiger partial charge in [-0.05, 0) is 68.8 Å². The van der Waals surface area contributed by atoms with Gasteiger partial charge in [0.2, 0.25) is 5.91 Å². The predicted octanol–water partition coefficient (Wildman–Crippen LogP) is 5.62. The Kier molecular flexibility index (Phi) is 8.43. The highest BCUT2D eigenvalue weighted by atomic mass is 35.5. The van der Waals surface area contributed by atoms with Crippen molar-refractivity contribution in [2.45, 2.75) is 25.7 Å². The number of ether oxygens (including phenoxy) is 1. The van der Waals surface area contributed by atoms with Crippen LogP contribution in [0.4, 0.5) is 11.4 Å². The molecule has 0 aliphatic heterocycles. The van der Waals surface area contributed by atoms with E-state index in [0.717, 1.165) is 9.87 Å². The van der Waals surface area contributed by atoms with E-state index >= 15 is 0 Å². The molecule has 0 atom stereocenters. The molecule has 0 aliphatic rings. The first kappa shape index (κ1) is 26.5. The number of anilines is 2. The van der Waals surface area contributed by atoms with Crippen LogP contribution >= 0.6 is 23.2 Å². The van der Waals surface area contributed by atoms with E-state index in [1.165, 1.54) is 30.3 Å². The van der Waals surface area contributed by atoms with Gasteiger partial charge in [-0.2, -0.15) is 0 Å². The summed E-state index contributed by atoms with van der Waals surface area (Å²) in [5, 5.41) is 3.13. The minimum Gasteiger partial charge on any atom is -0.462 e. The second-order valence-electron chi connectivity index (χ2n) is 7.70. The Labute approximate surface area is 214 Å². The first-order valence-corrected chi connectivity index (χ1v) is 12.8. The van der Waals surface area contributed by atoms with Crippen molar-refractivity contribution in [1.82, 2.24) is 0 Å². The van der Waals surface area contributed by atoms with E-state index in [9.17, 15) is 18.0 Å². The molecular formula is C25H24Cl2N2O5S. The van der Waals surface area contributed by atoms with Gasteiger partial charge in [0, 0.05) is 15.7 Å². The average Bonchev–Trinajstić information content (AvgIpc) is 2.78. The number of nitrogens with zero attached hydrogens (tertiary/aromatic N) is 1. The highest BCUT2D eigenvalue weighted by molar-refractivity contribution is 7.92. The molecule has 1 N–H and O–H groups in total. The predicted molar refractivity (Wildman–Crippen MR) is 138 cm³/mol. The van der Waals surface area contributed by atoms with E-state index < -0.39 is 28.4 Å². The number of halogens is 2. The van der Waals surface area contributed by atoms with Crippen LogP contribution in [0.5, 0.6) is 0 Å². The van der Waals surface area contributed by atoms with Gasteiger partial charge < -0.3 is 10.1 Å². The Balaban J connectivity index is 1.97. The first-order valence-electron chi connectivity index (χ1n) is 10.6. The van der Waals surface area contributed by atoms with Crippen molar-refractivity contribution in [3.63, 3.8) is 0 Å². The number of carbonyl (C=O) groups excluding carboxylic acids is 2. The molecule has 1 amide bonds. The van der Waals surface area contributed by atoms with Crippen LogP contribution in [-0.4, -0.2) is 33.4 Å². The van der Waals surface area contributed by atoms with Gasteiger partial charge in [0.1, 0.15) is 6.54 Å². The van der Waals surface area contributed by atoms with Crippen molar-refractivity contribution in [2.24, 2.45) is 0 Å². The summed E-state index contributed by atoms with van der Waals surface area (Å²) in [6, 6.07) is 15.4. The van der Waals surface area contributed by atoms with Gasteiger partial charge >= 0.3 is 5.97 Å². The Morgan fingerprint density at radius 2 is 1.60 bits per heavy atom. The summed E-state index contributed by atoms with van der Waals surface area (Å²) in [6.45, 7) is 4.85. The molecule has 10 heteroatoms. The van der Waals surface area contributed by atoms with Crippen LogP contribution in [0.15, 0.2) is 65.6 Å². The van der Waals surface area contributed by atoms with Crippen molar-refractivity contribution >= 4 is 56.5 Å². The van der Waals surface area contributed by atoms with Gasteiger partial charge in [-0.15, -0.1) is 0 Å². The molecule has 0 spiro atoms. The number of esters is 1. The van der Waals surface area contributed by atoms with E-state index in [-0.39, 0.29) is 27.2 Å². The lowest BCUT2D eigenvalue weighted by atomic mass is 10.1. The monoisotopic (exact) mass is 534 g/mol. The molecule has 0 unspecified atom stereocenters. The number of nitrogens with one attached hydrogen (secondary N) is 1. The van der Waals surface area contributed by atoms with Gasteiger partial charge in [-0.3, -0.25) is 9.10 Å². The van der Waals surface area contributed by atoms with Crippen LogP contribution in [0.2, 0.25) is 10.0 Å². The van der Waals surface area contributed by atoms with Crippen LogP contribution in [-0.2, 0) is 19.6 Å². The third-order valence-electron chi connectivity index (χ3n) is 5.13. The fourth-order valence-corrected chi connectivity index (χ4v) is 5.28. The Morgan fingerprint density at radius 1 is 0.971 bits per heavy atom. The fourth-order valence-electron chi connectivity index (χ4n) is 3.36. The molecule has 3 aromatic carbocycles. The summed E-state index contributed by atoms with van der Waals surface area (Å²) in [5.74, 6) is -1.14. The number of rotatable bonds is 8. The zero-order valence-electron chi connectivity index (χ0n) is 19.3. The maximum absolute atomic E-state index is 13.5. The lowest BCUT2D eigenvalue weighted by molar-refractivity contribution is -0.114. The van der Waals surface area contributed by atoms with Crippen LogP contribution in [0, 0.1) is 13.8 Å². The van der Waals surface area contributed by atoms with Crippen LogP contribution in [0.3, 0.4) is 0 Å². The van der Waals surface area contributed by atoms with Crippen LogP contribution in [0.1, 0.15) is 28.4 Å². The standard InChI is InChI=1S/C25H24Cl2N2O5S/c1-4-34-25(31)22-6-5-7-23(17(22)3)28-24(30)15-29(20-13-18(26)12-19(27)14-20)35(32,33)21-10-8-16(2)9-11-21/h5-14H,4,15H2,1-3H3,(H,28,30). The summed E-state index contributed by atoms with van der Waals surface area (Å²) in [6.07, 6.45) is 0. The highest BCUT2D eigenvalue weighted by Gasteiger charge is 2.28. The second-order valence-corrected chi connectivity index (χ2v) is 10.4. The molecule has 7 nitrogen and oxygen atoms in total. The number of sulfonamides is 1. The quantitative estimate of drug-likeness (QED) is 0.378. The first-order chi connectivity index (χ1) is 16.5. The van der Waals surface area contributed by atoms with E-state index in [4.69, 9.17) is 27.9 Å². The third kappa shape index (κ3) is 6.33. The zero-order chi connectivity index (χ0) is 25.8. The van der Waals surface area contributed by atoms with E-state index in [0.29, 0.717) is 16.8 Å². The molecule has 184 valence electrons. The van der Waals surface area contributed by atoms with Crippen molar-refractivity contribution in [1.29, 1.82) is 0 Å². The molecule has 35 heavy (non-hydrogen) atoms. The summed E-state index contributed by atoms with van der Waals surface area (Å²) >= 11 is 12.2. The van der Waals surface area contributed by atoms with E-state index in [1.54, 1.807) is 44.2 Å². The average molecular weight is 535 g/mol. The molecule has 0 heterocycles. The smallest absolute Gasteiger partial charge is 0.338 e. The molecule has 0 aromatic heterocycles. The molecule has 0 bridgehead atoms. The third-order valence-corrected chi connectivity index (χ3v) is 7.36. The second kappa shape index (κ2) is 11.1. The zero-order valence-corrected chi connectivity index (χ0v) is 21.7. The fraction of sp³-hybridized carbons (Fsp3) is 0.200. The highest BCUT2D eigenvalue weighted by Crippen LogP contribution is 2.30.